The topological polar surface area (TPSA) is 55.9 Å². The van der Waals surface area contributed by atoms with E-state index in [0.29, 0.717) is 6.54 Å². The third kappa shape index (κ3) is 2.37. The van der Waals surface area contributed by atoms with E-state index in [1.54, 1.807) is 0 Å². The van der Waals surface area contributed by atoms with E-state index < -0.39 is 0 Å². The van der Waals surface area contributed by atoms with Gasteiger partial charge in [-0.05, 0) is 26.3 Å². The van der Waals surface area contributed by atoms with E-state index in [2.05, 4.69) is 17.3 Å². The van der Waals surface area contributed by atoms with Crippen molar-refractivity contribution in [3.8, 4) is 0 Å². The molecule has 3 fully saturated rings. The number of likely N-dealkylation sites (tertiary alicyclic amines) is 1. The Morgan fingerprint density at radius 2 is 1.85 bits per heavy atom. The Morgan fingerprint density at radius 3 is 2.55 bits per heavy atom. The van der Waals surface area contributed by atoms with E-state index in [-0.39, 0.29) is 17.4 Å². The molecular formula is C14H24N4O2. The van der Waals surface area contributed by atoms with Gasteiger partial charge in [0.05, 0.1) is 5.41 Å². The number of hydrogen-bond donors (Lipinski definition) is 1. The fraction of sp³-hybridized carbons (Fsp3) is 0.857. The average Bonchev–Trinajstić information content (AvgIpc) is 2.88. The maximum Gasteiger partial charge on any atom is 0.320 e. The fourth-order valence-corrected chi connectivity index (χ4v) is 3.55. The number of amides is 3. The van der Waals surface area contributed by atoms with Crippen molar-refractivity contribution in [2.24, 2.45) is 5.41 Å². The maximum absolute atomic E-state index is 12.5. The molecule has 3 aliphatic heterocycles. The Hall–Kier alpha value is -1.30. The zero-order valence-electron chi connectivity index (χ0n) is 12.2. The first-order chi connectivity index (χ1) is 9.61. The predicted molar refractivity (Wildman–Crippen MR) is 75.3 cm³/mol. The molecule has 0 aromatic carbocycles. The summed E-state index contributed by atoms with van der Waals surface area (Å²) in [6.45, 7) is 5.57. The molecule has 1 N–H and O–H groups in total. The monoisotopic (exact) mass is 280 g/mol. The zero-order valence-corrected chi connectivity index (χ0v) is 12.2. The molecule has 0 unspecified atom stereocenters. The van der Waals surface area contributed by atoms with Crippen molar-refractivity contribution < 1.29 is 9.59 Å². The highest BCUT2D eigenvalue weighted by molar-refractivity contribution is 5.85. The lowest BCUT2D eigenvalue weighted by Crippen LogP contribution is -2.53. The van der Waals surface area contributed by atoms with Crippen LogP contribution >= 0.6 is 0 Å². The van der Waals surface area contributed by atoms with E-state index in [1.165, 1.54) is 0 Å². The molecule has 20 heavy (non-hydrogen) atoms. The summed E-state index contributed by atoms with van der Waals surface area (Å²) in [4.78, 5) is 30.7. The third-order valence-corrected chi connectivity index (χ3v) is 5.00. The zero-order chi connectivity index (χ0) is 14.2. The molecule has 3 saturated heterocycles. The summed E-state index contributed by atoms with van der Waals surface area (Å²) in [5, 5.41) is 2.96. The second-order valence-corrected chi connectivity index (χ2v) is 6.38. The van der Waals surface area contributed by atoms with Gasteiger partial charge in [0.1, 0.15) is 0 Å². The van der Waals surface area contributed by atoms with Crippen molar-refractivity contribution >= 4 is 11.9 Å². The number of urea groups is 1. The standard InChI is InChI=1S/C14H24N4O2/c1-16-7-9-17(10-8-16)13(20)18-6-4-14(11-18)3-2-5-15-12(14)19/h2-11H2,1H3,(H,15,19)/t14-/m0/s1. The number of carbonyl (C=O) groups is 2. The minimum Gasteiger partial charge on any atom is -0.356 e. The lowest BCUT2D eigenvalue weighted by molar-refractivity contribution is -0.132. The van der Waals surface area contributed by atoms with Gasteiger partial charge in [-0.15, -0.1) is 0 Å². The summed E-state index contributed by atoms with van der Waals surface area (Å²) >= 11 is 0. The number of rotatable bonds is 0. The van der Waals surface area contributed by atoms with Crippen molar-refractivity contribution in [3.63, 3.8) is 0 Å². The first-order valence-electron chi connectivity index (χ1n) is 7.61. The summed E-state index contributed by atoms with van der Waals surface area (Å²) < 4.78 is 0. The quantitative estimate of drug-likeness (QED) is 0.677. The third-order valence-electron chi connectivity index (χ3n) is 5.00. The number of piperazine rings is 1. The Morgan fingerprint density at radius 1 is 1.10 bits per heavy atom. The number of likely N-dealkylation sites (N-methyl/N-ethyl adjacent to an activating group) is 1. The Kier molecular flexibility index (Phi) is 3.58. The number of hydrogen-bond acceptors (Lipinski definition) is 3. The minimum absolute atomic E-state index is 0.119. The van der Waals surface area contributed by atoms with Gasteiger partial charge in [-0.25, -0.2) is 4.79 Å². The molecule has 0 radical (unpaired) electrons. The van der Waals surface area contributed by atoms with Gasteiger partial charge < -0.3 is 20.0 Å². The normalized spacial score (nSPS) is 31.8. The predicted octanol–water partition coefficient (Wildman–Crippen LogP) is -0.0441. The molecule has 3 amide bonds. The van der Waals surface area contributed by atoms with Crippen molar-refractivity contribution in [3.05, 3.63) is 0 Å². The van der Waals surface area contributed by atoms with Gasteiger partial charge in [0.2, 0.25) is 5.91 Å². The van der Waals surface area contributed by atoms with Crippen LogP contribution in [0.2, 0.25) is 0 Å². The molecule has 0 aromatic heterocycles. The Labute approximate surface area is 120 Å². The molecule has 1 atom stereocenters. The summed E-state index contributed by atoms with van der Waals surface area (Å²) in [6, 6.07) is 0.119. The molecule has 6 heteroatoms. The molecule has 0 aliphatic carbocycles. The van der Waals surface area contributed by atoms with Gasteiger partial charge in [-0.1, -0.05) is 0 Å². The van der Waals surface area contributed by atoms with Gasteiger partial charge in [0.25, 0.3) is 0 Å². The lowest BCUT2D eigenvalue weighted by atomic mass is 9.79. The van der Waals surface area contributed by atoms with Crippen LogP contribution in [0.4, 0.5) is 4.79 Å². The van der Waals surface area contributed by atoms with Crippen LogP contribution in [-0.4, -0.2) is 79.5 Å². The molecule has 112 valence electrons. The van der Waals surface area contributed by atoms with Crippen LogP contribution in [0.5, 0.6) is 0 Å². The van der Waals surface area contributed by atoms with Crippen LogP contribution in [0.25, 0.3) is 0 Å². The van der Waals surface area contributed by atoms with E-state index in [9.17, 15) is 9.59 Å². The highest BCUT2D eigenvalue weighted by atomic mass is 16.2. The highest BCUT2D eigenvalue weighted by Crippen LogP contribution is 2.37. The van der Waals surface area contributed by atoms with E-state index >= 15 is 0 Å². The largest absolute Gasteiger partial charge is 0.356 e. The molecule has 1 spiro atoms. The van der Waals surface area contributed by atoms with E-state index in [1.807, 2.05) is 9.80 Å². The van der Waals surface area contributed by atoms with Gasteiger partial charge in [0.15, 0.2) is 0 Å². The van der Waals surface area contributed by atoms with Gasteiger partial charge >= 0.3 is 6.03 Å². The first-order valence-corrected chi connectivity index (χ1v) is 7.61. The van der Waals surface area contributed by atoms with E-state index in [0.717, 1.165) is 58.5 Å². The molecule has 3 aliphatic rings. The molecule has 0 aromatic rings. The van der Waals surface area contributed by atoms with Gasteiger partial charge in [-0.3, -0.25) is 4.79 Å². The first kappa shape index (κ1) is 13.7. The smallest absolute Gasteiger partial charge is 0.320 e. The maximum atomic E-state index is 12.5. The molecule has 3 rings (SSSR count). The molecular weight excluding hydrogens is 256 g/mol. The van der Waals surface area contributed by atoms with Crippen LogP contribution < -0.4 is 5.32 Å². The second kappa shape index (κ2) is 5.24. The molecule has 6 nitrogen and oxygen atoms in total. The second-order valence-electron chi connectivity index (χ2n) is 6.38. The Bertz CT molecular complexity index is 406. The summed E-state index contributed by atoms with van der Waals surface area (Å²) in [5.74, 6) is 0.150. The number of piperidine rings is 1. The van der Waals surface area contributed by atoms with Crippen LogP contribution in [0.3, 0.4) is 0 Å². The van der Waals surface area contributed by atoms with Gasteiger partial charge in [-0.2, -0.15) is 0 Å². The molecule has 0 bridgehead atoms. The van der Waals surface area contributed by atoms with Crippen LogP contribution in [0.1, 0.15) is 19.3 Å². The average molecular weight is 280 g/mol. The highest BCUT2D eigenvalue weighted by Gasteiger charge is 2.47. The van der Waals surface area contributed by atoms with Crippen molar-refractivity contribution in [1.82, 2.24) is 20.0 Å². The molecule has 0 saturated carbocycles. The van der Waals surface area contributed by atoms with Crippen LogP contribution in [0, 0.1) is 5.41 Å². The number of carbonyl (C=O) groups excluding carboxylic acids is 2. The van der Waals surface area contributed by atoms with Crippen LogP contribution in [-0.2, 0) is 4.79 Å². The summed E-state index contributed by atoms with van der Waals surface area (Å²) in [5.41, 5.74) is -0.305. The summed E-state index contributed by atoms with van der Waals surface area (Å²) in [6.07, 6.45) is 2.77. The van der Waals surface area contributed by atoms with E-state index in [4.69, 9.17) is 0 Å². The van der Waals surface area contributed by atoms with Crippen molar-refractivity contribution in [2.45, 2.75) is 19.3 Å². The Balaban J connectivity index is 1.62. The van der Waals surface area contributed by atoms with Gasteiger partial charge in [0, 0.05) is 45.8 Å². The number of nitrogens with zero attached hydrogens (tertiary/aromatic N) is 3. The fourth-order valence-electron chi connectivity index (χ4n) is 3.55. The lowest BCUT2D eigenvalue weighted by Gasteiger charge is -2.36. The van der Waals surface area contributed by atoms with Crippen molar-refractivity contribution in [2.75, 3.05) is 52.9 Å². The van der Waals surface area contributed by atoms with Crippen LogP contribution in [0.15, 0.2) is 0 Å². The SMILES string of the molecule is CN1CCN(C(=O)N2CC[C@@]3(CCCNC3=O)C2)CC1. The summed E-state index contributed by atoms with van der Waals surface area (Å²) in [7, 11) is 2.08. The number of nitrogens with one attached hydrogen (secondary N) is 1. The molecule has 3 heterocycles. The van der Waals surface area contributed by atoms with Crippen molar-refractivity contribution in [1.29, 1.82) is 0 Å². The minimum atomic E-state index is -0.305.